The second-order valence-corrected chi connectivity index (χ2v) is 5.82. The van der Waals surface area contributed by atoms with Gasteiger partial charge in [0.05, 0.1) is 16.3 Å². The fourth-order valence-corrected chi connectivity index (χ4v) is 2.88. The molecule has 1 unspecified atom stereocenters. The lowest BCUT2D eigenvalue weighted by molar-refractivity contribution is 0.569. The van der Waals surface area contributed by atoms with Gasteiger partial charge in [-0.1, -0.05) is 22.9 Å². The van der Waals surface area contributed by atoms with Crippen LogP contribution in [0.3, 0.4) is 0 Å². The second kappa shape index (κ2) is 5.25. The van der Waals surface area contributed by atoms with Crippen LogP contribution in [0, 0.1) is 0 Å². The maximum atomic E-state index is 4.65. The zero-order valence-corrected chi connectivity index (χ0v) is 11.9. The number of nitrogens with one attached hydrogen (secondary N) is 1. The van der Waals surface area contributed by atoms with Gasteiger partial charge in [0.1, 0.15) is 5.01 Å². The van der Waals surface area contributed by atoms with Crippen LogP contribution in [0.4, 0.5) is 0 Å². The monoisotopic (exact) mass is 298 g/mol. The molecule has 0 spiro atoms. The molecule has 2 aromatic rings. The van der Waals surface area contributed by atoms with Gasteiger partial charge < -0.3 is 5.32 Å². The zero-order chi connectivity index (χ0) is 11.5. The molecule has 0 aliphatic carbocycles. The summed E-state index contributed by atoms with van der Waals surface area (Å²) in [6.07, 6.45) is 1.15. The molecule has 1 aromatic carbocycles. The first-order valence-electron chi connectivity index (χ1n) is 5.50. The Labute approximate surface area is 108 Å². The summed E-state index contributed by atoms with van der Waals surface area (Å²) in [5, 5.41) is 4.63. The highest BCUT2D eigenvalue weighted by atomic mass is 79.9. The summed E-state index contributed by atoms with van der Waals surface area (Å²) in [7, 11) is 0. The summed E-state index contributed by atoms with van der Waals surface area (Å²) >= 11 is 5.24. The van der Waals surface area contributed by atoms with Gasteiger partial charge in [0.2, 0.25) is 0 Å². The van der Waals surface area contributed by atoms with E-state index < -0.39 is 0 Å². The first kappa shape index (κ1) is 12.0. The Balaban J connectivity index is 2.25. The third-order valence-corrected chi connectivity index (χ3v) is 4.15. The van der Waals surface area contributed by atoms with Gasteiger partial charge in [0, 0.05) is 4.47 Å². The predicted octanol–water partition coefficient (Wildman–Crippen LogP) is 4.12. The van der Waals surface area contributed by atoms with Crippen molar-refractivity contribution in [3.63, 3.8) is 0 Å². The molecule has 2 rings (SSSR count). The van der Waals surface area contributed by atoms with Crippen molar-refractivity contribution < 1.29 is 0 Å². The van der Waals surface area contributed by atoms with E-state index in [1.54, 1.807) is 11.3 Å². The van der Waals surface area contributed by atoms with Gasteiger partial charge in [-0.2, -0.15) is 0 Å². The molecule has 16 heavy (non-hydrogen) atoms. The highest BCUT2D eigenvalue weighted by molar-refractivity contribution is 9.10. The third kappa shape index (κ3) is 2.62. The molecular weight excluding hydrogens is 284 g/mol. The molecule has 1 heterocycles. The maximum Gasteiger partial charge on any atom is 0.111 e. The van der Waals surface area contributed by atoms with Crippen LogP contribution >= 0.6 is 27.3 Å². The molecule has 0 radical (unpaired) electrons. The lowest BCUT2D eigenvalue weighted by atomic mass is 10.3. The van der Waals surface area contributed by atoms with Crippen molar-refractivity contribution >= 4 is 37.5 Å². The van der Waals surface area contributed by atoms with E-state index in [2.05, 4.69) is 58.3 Å². The van der Waals surface area contributed by atoms with E-state index in [-0.39, 0.29) is 0 Å². The van der Waals surface area contributed by atoms with Crippen LogP contribution in [0.25, 0.3) is 10.2 Å². The molecule has 86 valence electrons. The Hall–Kier alpha value is -0.450. The molecule has 4 heteroatoms. The molecule has 0 aliphatic rings. The summed E-state index contributed by atoms with van der Waals surface area (Å²) in [4.78, 5) is 4.65. The number of halogens is 1. The fraction of sp³-hybridized carbons (Fsp3) is 0.417. The van der Waals surface area contributed by atoms with Crippen LogP contribution in [0.2, 0.25) is 0 Å². The van der Waals surface area contributed by atoms with Crippen molar-refractivity contribution in [3.8, 4) is 0 Å². The van der Waals surface area contributed by atoms with Crippen molar-refractivity contribution in [2.45, 2.75) is 26.3 Å². The molecule has 0 fully saturated rings. The van der Waals surface area contributed by atoms with Gasteiger partial charge in [0.25, 0.3) is 0 Å². The van der Waals surface area contributed by atoms with Gasteiger partial charge in [0.15, 0.2) is 0 Å². The van der Waals surface area contributed by atoms with Crippen molar-refractivity contribution in [1.82, 2.24) is 10.3 Å². The number of hydrogen-bond donors (Lipinski definition) is 1. The van der Waals surface area contributed by atoms with Crippen LogP contribution in [0.5, 0.6) is 0 Å². The van der Waals surface area contributed by atoms with Crippen molar-refractivity contribution in [3.05, 3.63) is 27.7 Å². The molecule has 0 saturated heterocycles. The van der Waals surface area contributed by atoms with Crippen molar-refractivity contribution in [2.24, 2.45) is 0 Å². The zero-order valence-electron chi connectivity index (χ0n) is 9.46. The Bertz CT molecular complexity index is 481. The number of hydrogen-bond acceptors (Lipinski definition) is 3. The summed E-state index contributed by atoms with van der Waals surface area (Å²) in [5.74, 6) is 0. The van der Waals surface area contributed by atoms with E-state index >= 15 is 0 Å². The molecule has 1 N–H and O–H groups in total. The Morgan fingerprint density at radius 1 is 1.50 bits per heavy atom. The SMILES string of the molecule is CCCNC(C)c1nc2cc(Br)ccc2s1. The summed E-state index contributed by atoms with van der Waals surface area (Å²) in [5.41, 5.74) is 1.08. The van der Waals surface area contributed by atoms with E-state index in [1.165, 1.54) is 9.71 Å². The van der Waals surface area contributed by atoms with Gasteiger partial charge in [-0.05, 0) is 38.1 Å². The standard InChI is InChI=1S/C12H15BrN2S/c1-3-6-14-8(2)12-15-10-7-9(13)4-5-11(10)16-12/h4-5,7-8,14H,3,6H2,1-2H3. The summed E-state index contributed by atoms with van der Waals surface area (Å²) < 4.78 is 2.34. The Morgan fingerprint density at radius 2 is 2.31 bits per heavy atom. The van der Waals surface area contributed by atoms with Crippen LogP contribution in [-0.4, -0.2) is 11.5 Å². The van der Waals surface area contributed by atoms with E-state index in [1.807, 2.05) is 0 Å². The van der Waals surface area contributed by atoms with E-state index in [0.717, 1.165) is 23.0 Å². The average molecular weight is 299 g/mol. The second-order valence-electron chi connectivity index (χ2n) is 3.84. The Morgan fingerprint density at radius 3 is 3.06 bits per heavy atom. The lowest BCUT2D eigenvalue weighted by Crippen LogP contribution is -2.18. The van der Waals surface area contributed by atoms with Crippen molar-refractivity contribution in [1.29, 1.82) is 0 Å². The smallest absolute Gasteiger partial charge is 0.111 e. The van der Waals surface area contributed by atoms with Crippen molar-refractivity contribution in [2.75, 3.05) is 6.54 Å². The molecule has 0 aliphatic heterocycles. The van der Waals surface area contributed by atoms with E-state index in [9.17, 15) is 0 Å². The average Bonchev–Trinajstić information content (AvgIpc) is 2.68. The van der Waals surface area contributed by atoms with Gasteiger partial charge in [-0.15, -0.1) is 11.3 Å². The number of fused-ring (bicyclic) bond motifs is 1. The van der Waals surface area contributed by atoms with Crippen LogP contribution in [0.15, 0.2) is 22.7 Å². The fourth-order valence-electron chi connectivity index (χ4n) is 1.55. The maximum absolute atomic E-state index is 4.65. The minimum Gasteiger partial charge on any atom is -0.308 e. The highest BCUT2D eigenvalue weighted by Crippen LogP contribution is 2.28. The molecule has 0 bridgehead atoms. The number of nitrogens with zero attached hydrogens (tertiary/aromatic N) is 1. The molecule has 1 aromatic heterocycles. The minimum absolute atomic E-state index is 0.344. The van der Waals surface area contributed by atoms with Gasteiger partial charge >= 0.3 is 0 Å². The lowest BCUT2D eigenvalue weighted by Gasteiger charge is -2.08. The summed E-state index contributed by atoms with van der Waals surface area (Å²) in [6.45, 7) is 5.39. The van der Waals surface area contributed by atoms with Gasteiger partial charge in [-0.3, -0.25) is 0 Å². The molecule has 0 saturated carbocycles. The van der Waals surface area contributed by atoms with Crippen LogP contribution in [0.1, 0.15) is 31.3 Å². The molecule has 1 atom stereocenters. The molecular formula is C12H15BrN2S. The van der Waals surface area contributed by atoms with Gasteiger partial charge in [-0.25, -0.2) is 4.98 Å². The predicted molar refractivity (Wildman–Crippen MR) is 74.0 cm³/mol. The summed E-state index contributed by atoms with van der Waals surface area (Å²) in [6, 6.07) is 6.60. The molecule has 2 nitrogen and oxygen atoms in total. The molecule has 0 amide bonds. The Kier molecular flexibility index (Phi) is 3.95. The number of aromatic nitrogens is 1. The topological polar surface area (TPSA) is 24.9 Å². The number of rotatable bonds is 4. The van der Waals surface area contributed by atoms with Crippen LogP contribution < -0.4 is 5.32 Å². The first-order valence-corrected chi connectivity index (χ1v) is 7.11. The quantitative estimate of drug-likeness (QED) is 0.918. The van der Waals surface area contributed by atoms with E-state index in [0.29, 0.717) is 6.04 Å². The number of benzene rings is 1. The van der Waals surface area contributed by atoms with E-state index in [4.69, 9.17) is 0 Å². The highest BCUT2D eigenvalue weighted by Gasteiger charge is 2.10. The first-order chi connectivity index (χ1) is 7.70. The largest absolute Gasteiger partial charge is 0.308 e. The number of thiazole rings is 1. The third-order valence-electron chi connectivity index (χ3n) is 2.44. The minimum atomic E-state index is 0.344. The normalized spacial score (nSPS) is 13.2. The van der Waals surface area contributed by atoms with Crippen LogP contribution in [-0.2, 0) is 0 Å².